The van der Waals surface area contributed by atoms with Crippen molar-refractivity contribution < 1.29 is 9.53 Å². The summed E-state index contributed by atoms with van der Waals surface area (Å²) in [5.74, 6) is -0.0229. The van der Waals surface area contributed by atoms with Gasteiger partial charge in [-0.15, -0.1) is 0 Å². The largest absolute Gasteiger partial charge is 0.399 e. The van der Waals surface area contributed by atoms with Crippen molar-refractivity contribution in [3.05, 3.63) is 35.9 Å². The summed E-state index contributed by atoms with van der Waals surface area (Å²) in [7, 11) is 0. The lowest BCUT2D eigenvalue weighted by atomic mass is 10.2. The Morgan fingerprint density at radius 2 is 2.06 bits per heavy atom. The molecule has 1 aromatic rings. The van der Waals surface area contributed by atoms with Crippen LogP contribution in [0.3, 0.4) is 0 Å². The van der Waals surface area contributed by atoms with Crippen molar-refractivity contribution in [3.8, 4) is 0 Å². The number of nitrogens with two attached hydrogens (primary N) is 1. The van der Waals surface area contributed by atoms with E-state index in [9.17, 15) is 4.79 Å². The summed E-state index contributed by atoms with van der Waals surface area (Å²) in [5, 5.41) is 0. The van der Waals surface area contributed by atoms with Gasteiger partial charge >= 0.3 is 0 Å². The van der Waals surface area contributed by atoms with Gasteiger partial charge in [0.25, 0.3) is 0 Å². The fraction of sp³-hybridized carbons (Fsp3) is 0.308. The van der Waals surface area contributed by atoms with E-state index < -0.39 is 0 Å². The molecule has 0 aliphatic heterocycles. The number of carbonyl (C=O) groups is 1. The number of carbonyl (C=O) groups excluding carboxylic acids is 1. The predicted molar refractivity (Wildman–Crippen MR) is 66.0 cm³/mol. The SMILES string of the molecule is CCCOCC(=O)/C=C/c1ccc(N)cc1. The molecule has 16 heavy (non-hydrogen) atoms. The average molecular weight is 219 g/mol. The Labute approximate surface area is 95.9 Å². The third kappa shape index (κ3) is 4.75. The normalized spacial score (nSPS) is 10.8. The summed E-state index contributed by atoms with van der Waals surface area (Å²) in [6, 6.07) is 7.34. The molecule has 0 radical (unpaired) electrons. The Morgan fingerprint density at radius 1 is 1.38 bits per heavy atom. The van der Waals surface area contributed by atoms with Crippen LogP contribution in [0.25, 0.3) is 6.08 Å². The Balaban J connectivity index is 2.41. The van der Waals surface area contributed by atoms with E-state index in [0.29, 0.717) is 6.61 Å². The van der Waals surface area contributed by atoms with Crippen molar-refractivity contribution in [2.45, 2.75) is 13.3 Å². The van der Waals surface area contributed by atoms with E-state index in [1.54, 1.807) is 18.2 Å². The highest BCUT2D eigenvalue weighted by Gasteiger charge is 1.95. The van der Waals surface area contributed by atoms with E-state index in [1.165, 1.54) is 6.08 Å². The van der Waals surface area contributed by atoms with Crippen LogP contribution < -0.4 is 5.73 Å². The van der Waals surface area contributed by atoms with Crippen LogP contribution in [-0.4, -0.2) is 19.0 Å². The van der Waals surface area contributed by atoms with Crippen LogP contribution >= 0.6 is 0 Å². The molecule has 0 bridgehead atoms. The lowest BCUT2D eigenvalue weighted by Crippen LogP contribution is -2.05. The maximum Gasteiger partial charge on any atom is 0.181 e. The lowest BCUT2D eigenvalue weighted by Gasteiger charge is -1.98. The molecular formula is C13H17NO2. The topological polar surface area (TPSA) is 52.3 Å². The summed E-state index contributed by atoms with van der Waals surface area (Å²) in [4.78, 5) is 11.3. The maximum absolute atomic E-state index is 11.3. The second-order valence-corrected chi connectivity index (χ2v) is 3.52. The molecule has 0 atom stereocenters. The van der Waals surface area contributed by atoms with Crippen molar-refractivity contribution >= 4 is 17.5 Å². The van der Waals surface area contributed by atoms with Crippen LogP contribution in [0, 0.1) is 0 Å². The highest BCUT2D eigenvalue weighted by Crippen LogP contribution is 2.06. The number of rotatable bonds is 6. The first-order valence-corrected chi connectivity index (χ1v) is 5.36. The summed E-state index contributed by atoms with van der Waals surface area (Å²) in [6.07, 6.45) is 4.22. The van der Waals surface area contributed by atoms with Crippen molar-refractivity contribution in [2.24, 2.45) is 0 Å². The number of nitrogen functional groups attached to an aromatic ring is 1. The fourth-order valence-electron chi connectivity index (χ4n) is 1.16. The first-order valence-electron chi connectivity index (χ1n) is 5.36. The van der Waals surface area contributed by atoms with Gasteiger partial charge in [-0.2, -0.15) is 0 Å². The Morgan fingerprint density at radius 3 is 2.69 bits per heavy atom. The Hall–Kier alpha value is -1.61. The molecule has 0 amide bonds. The van der Waals surface area contributed by atoms with Gasteiger partial charge in [0.1, 0.15) is 6.61 Å². The summed E-state index contributed by atoms with van der Waals surface area (Å²) in [5.41, 5.74) is 7.23. The van der Waals surface area contributed by atoms with Crippen LogP contribution in [0.2, 0.25) is 0 Å². The van der Waals surface area contributed by atoms with Gasteiger partial charge in [-0.1, -0.05) is 25.1 Å². The van der Waals surface area contributed by atoms with E-state index in [-0.39, 0.29) is 12.4 Å². The Kier molecular flexibility index (Phi) is 5.29. The van der Waals surface area contributed by atoms with E-state index in [4.69, 9.17) is 10.5 Å². The molecular weight excluding hydrogens is 202 g/mol. The second kappa shape index (κ2) is 6.80. The minimum atomic E-state index is -0.0229. The van der Waals surface area contributed by atoms with Crippen LogP contribution in [0.5, 0.6) is 0 Å². The van der Waals surface area contributed by atoms with Gasteiger partial charge < -0.3 is 10.5 Å². The minimum Gasteiger partial charge on any atom is -0.399 e. The van der Waals surface area contributed by atoms with Gasteiger partial charge in [-0.05, 0) is 30.2 Å². The fourth-order valence-corrected chi connectivity index (χ4v) is 1.16. The van der Waals surface area contributed by atoms with Crippen molar-refractivity contribution in [1.29, 1.82) is 0 Å². The predicted octanol–water partition coefficient (Wildman–Crippen LogP) is 2.28. The van der Waals surface area contributed by atoms with Gasteiger partial charge in [-0.3, -0.25) is 4.79 Å². The first-order chi connectivity index (χ1) is 7.72. The molecule has 1 rings (SSSR count). The van der Waals surface area contributed by atoms with E-state index in [1.807, 2.05) is 19.1 Å². The zero-order valence-electron chi connectivity index (χ0n) is 9.48. The third-order valence-electron chi connectivity index (χ3n) is 1.99. The standard InChI is InChI=1S/C13H17NO2/c1-2-9-16-10-13(15)8-5-11-3-6-12(14)7-4-11/h3-8H,2,9-10,14H2,1H3/b8-5+. The first kappa shape index (κ1) is 12.5. The minimum absolute atomic E-state index is 0.0229. The number of benzene rings is 1. The molecule has 3 nitrogen and oxygen atoms in total. The van der Waals surface area contributed by atoms with Gasteiger partial charge in [-0.25, -0.2) is 0 Å². The highest BCUT2D eigenvalue weighted by molar-refractivity contribution is 5.94. The maximum atomic E-state index is 11.3. The monoisotopic (exact) mass is 219 g/mol. The molecule has 0 aromatic heterocycles. The smallest absolute Gasteiger partial charge is 0.181 e. The quantitative estimate of drug-likeness (QED) is 0.453. The van der Waals surface area contributed by atoms with Crippen LogP contribution in [0.4, 0.5) is 5.69 Å². The number of hydrogen-bond acceptors (Lipinski definition) is 3. The van der Waals surface area contributed by atoms with Crippen LogP contribution in [0.15, 0.2) is 30.3 Å². The van der Waals surface area contributed by atoms with Crippen LogP contribution in [-0.2, 0) is 9.53 Å². The van der Waals surface area contributed by atoms with Crippen molar-refractivity contribution in [3.63, 3.8) is 0 Å². The number of anilines is 1. The zero-order chi connectivity index (χ0) is 11.8. The summed E-state index contributed by atoms with van der Waals surface area (Å²) >= 11 is 0. The molecule has 0 unspecified atom stereocenters. The van der Waals surface area contributed by atoms with Crippen molar-refractivity contribution in [2.75, 3.05) is 18.9 Å². The van der Waals surface area contributed by atoms with E-state index in [0.717, 1.165) is 17.7 Å². The van der Waals surface area contributed by atoms with E-state index in [2.05, 4.69) is 0 Å². The molecule has 0 fully saturated rings. The van der Waals surface area contributed by atoms with Gasteiger partial charge in [0.15, 0.2) is 5.78 Å². The van der Waals surface area contributed by atoms with Gasteiger partial charge in [0.05, 0.1) is 0 Å². The molecule has 0 aliphatic rings. The highest BCUT2D eigenvalue weighted by atomic mass is 16.5. The number of ether oxygens (including phenoxy) is 1. The summed E-state index contributed by atoms with van der Waals surface area (Å²) in [6.45, 7) is 2.79. The number of hydrogen-bond donors (Lipinski definition) is 1. The average Bonchev–Trinajstić information content (AvgIpc) is 2.29. The Bertz CT molecular complexity index is 355. The molecule has 0 spiro atoms. The zero-order valence-corrected chi connectivity index (χ0v) is 9.48. The van der Waals surface area contributed by atoms with Crippen LogP contribution in [0.1, 0.15) is 18.9 Å². The van der Waals surface area contributed by atoms with E-state index >= 15 is 0 Å². The summed E-state index contributed by atoms with van der Waals surface area (Å²) < 4.78 is 5.13. The molecule has 0 saturated heterocycles. The van der Waals surface area contributed by atoms with Crippen molar-refractivity contribution in [1.82, 2.24) is 0 Å². The molecule has 1 aromatic carbocycles. The second-order valence-electron chi connectivity index (χ2n) is 3.52. The molecule has 2 N–H and O–H groups in total. The number of ketones is 1. The lowest BCUT2D eigenvalue weighted by molar-refractivity contribution is -0.118. The molecule has 86 valence electrons. The van der Waals surface area contributed by atoms with Gasteiger partial charge in [0.2, 0.25) is 0 Å². The van der Waals surface area contributed by atoms with Gasteiger partial charge in [0, 0.05) is 12.3 Å². The molecule has 0 aliphatic carbocycles. The molecule has 0 heterocycles. The molecule has 0 saturated carbocycles. The third-order valence-corrected chi connectivity index (χ3v) is 1.99. The molecule has 3 heteroatoms.